The van der Waals surface area contributed by atoms with Crippen molar-refractivity contribution in [2.75, 3.05) is 0 Å². The van der Waals surface area contributed by atoms with Crippen LogP contribution in [0.4, 0.5) is 0 Å². The first-order valence-electron chi connectivity index (χ1n) is 7.25. The van der Waals surface area contributed by atoms with E-state index in [-0.39, 0.29) is 5.91 Å². The maximum absolute atomic E-state index is 12.4. The number of benzene rings is 1. The van der Waals surface area contributed by atoms with Crippen LogP contribution in [-0.2, 0) is 19.4 Å². The van der Waals surface area contributed by atoms with Gasteiger partial charge in [-0.1, -0.05) is 30.7 Å². The van der Waals surface area contributed by atoms with Crippen LogP contribution in [-0.4, -0.2) is 5.91 Å². The minimum Gasteiger partial charge on any atom is -0.348 e. The first-order valence-corrected chi connectivity index (χ1v) is 8.51. The number of amides is 1. The molecule has 0 unspecified atom stereocenters. The summed E-state index contributed by atoms with van der Waals surface area (Å²) in [5.74, 6) is 0.776. The fourth-order valence-corrected chi connectivity index (χ4v) is 4.12. The van der Waals surface area contributed by atoms with Crippen molar-refractivity contribution in [1.29, 1.82) is 0 Å². The molecule has 1 aromatic carbocycles. The maximum atomic E-state index is 12.4. The fourth-order valence-electron chi connectivity index (χ4n) is 2.75. The van der Waals surface area contributed by atoms with Gasteiger partial charge in [-0.25, -0.2) is 0 Å². The van der Waals surface area contributed by atoms with Gasteiger partial charge in [0.2, 0.25) is 0 Å². The highest BCUT2D eigenvalue weighted by Crippen LogP contribution is 2.32. The van der Waals surface area contributed by atoms with Crippen molar-refractivity contribution in [3.05, 3.63) is 56.2 Å². The average molecular weight is 320 g/mol. The molecule has 0 fully saturated rings. The van der Waals surface area contributed by atoms with E-state index in [1.165, 1.54) is 16.9 Å². The van der Waals surface area contributed by atoms with Gasteiger partial charge in [0, 0.05) is 21.8 Å². The van der Waals surface area contributed by atoms with Crippen LogP contribution in [0.15, 0.2) is 29.6 Å². The third-order valence-electron chi connectivity index (χ3n) is 4.01. The topological polar surface area (TPSA) is 29.1 Å². The zero-order chi connectivity index (χ0) is 14.8. The van der Waals surface area contributed by atoms with Crippen LogP contribution in [0.25, 0.3) is 0 Å². The van der Waals surface area contributed by atoms with Gasteiger partial charge in [-0.2, -0.15) is 0 Å². The van der Waals surface area contributed by atoms with Gasteiger partial charge in [-0.15, -0.1) is 11.3 Å². The molecule has 110 valence electrons. The SMILES string of the molecule is C[C@H]1CCc2c(C(=O)NCc3ccc(Cl)cc3)csc2C1. The lowest BCUT2D eigenvalue weighted by atomic mass is 9.88. The van der Waals surface area contributed by atoms with Gasteiger partial charge in [0.05, 0.1) is 5.56 Å². The molecule has 1 aromatic heterocycles. The Balaban J connectivity index is 1.67. The quantitative estimate of drug-likeness (QED) is 0.889. The Labute approximate surface area is 134 Å². The minimum atomic E-state index is 0.0389. The van der Waals surface area contributed by atoms with E-state index in [0.29, 0.717) is 11.6 Å². The van der Waals surface area contributed by atoms with Gasteiger partial charge < -0.3 is 5.32 Å². The van der Waals surface area contributed by atoms with Crippen LogP contribution < -0.4 is 5.32 Å². The Hall–Kier alpha value is -1.32. The number of carbonyl (C=O) groups excluding carboxylic acids is 1. The summed E-state index contributed by atoms with van der Waals surface area (Å²) in [5, 5.41) is 5.73. The van der Waals surface area contributed by atoms with Crippen LogP contribution in [0.5, 0.6) is 0 Å². The number of halogens is 1. The molecule has 0 saturated heterocycles. The maximum Gasteiger partial charge on any atom is 0.252 e. The number of carbonyl (C=O) groups is 1. The largest absolute Gasteiger partial charge is 0.348 e. The highest BCUT2D eigenvalue weighted by atomic mass is 35.5. The molecule has 1 aliphatic rings. The molecule has 0 saturated carbocycles. The molecule has 1 amide bonds. The van der Waals surface area contributed by atoms with E-state index in [4.69, 9.17) is 11.6 Å². The smallest absolute Gasteiger partial charge is 0.252 e. The fraction of sp³-hybridized carbons (Fsp3) is 0.353. The van der Waals surface area contributed by atoms with Crippen LogP contribution in [0.1, 0.15) is 39.7 Å². The summed E-state index contributed by atoms with van der Waals surface area (Å²) in [6.45, 7) is 2.82. The summed E-state index contributed by atoms with van der Waals surface area (Å²) >= 11 is 7.59. The van der Waals surface area contributed by atoms with Crippen molar-refractivity contribution in [2.24, 2.45) is 5.92 Å². The van der Waals surface area contributed by atoms with E-state index in [0.717, 1.165) is 29.9 Å². The first-order chi connectivity index (χ1) is 10.1. The summed E-state index contributed by atoms with van der Waals surface area (Å²) in [6.07, 6.45) is 3.33. The Kier molecular flexibility index (Phi) is 4.32. The molecule has 3 rings (SSSR count). The van der Waals surface area contributed by atoms with Gasteiger partial charge in [0.25, 0.3) is 5.91 Å². The molecule has 0 bridgehead atoms. The Morgan fingerprint density at radius 3 is 2.90 bits per heavy atom. The Bertz CT molecular complexity index is 647. The molecule has 1 aliphatic carbocycles. The second kappa shape index (κ2) is 6.20. The number of hydrogen-bond acceptors (Lipinski definition) is 2. The second-order valence-electron chi connectivity index (χ2n) is 5.71. The summed E-state index contributed by atoms with van der Waals surface area (Å²) in [4.78, 5) is 13.8. The number of nitrogens with one attached hydrogen (secondary N) is 1. The average Bonchev–Trinajstić information content (AvgIpc) is 2.89. The van der Waals surface area contributed by atoms with E-state index in [9.17, 15) is 4.79 Å². The van der Waals surface area contributed by atoms with Crippen LogP contribution in [0.3, 0.4) is 0 Å². The molecule has 4 heteroatoms. The molecule has 0 radical (unpaired) electrons. The van der Waals surface area contributed by atoms with Crippen LogP contribution in [0, 0.1) is 5.92 Å². The summed E-state index contributed by atoms with van der Waals surface area (Å²) in [5.41, 5.74) is 3.20. The highest BCUT2D eigenvalue weighted by Gasteiger charge is 2.22. The van der Waals surface area contributed by atoms with Crippen molar-refractivity contribution in [2.45, 2.75) is 32.7 Å². The predicted octanol–water partition coefficient (Wildman–Crippen LogP) is 4.46. The molecule has 0 aliphatic heterocycles. The molecule has 0 spiro atoms. The number of hydrogen-bond donors (Lipinski definition) is 1. The van der Waals surface area contributed by atoms with Gasteiger partial charge >= 0.3 is 0 Å². The number of rotatable bonds is 3. The van der Waals surface area contributed by atoms with E-state index in [1.807, 2.05) is 29.6 Å². The zero-order valence-electron chi connectivity index (χ0n) is 12.0. The number of fused-ring (bicyclic) bond motifs is 1. The molecule has 1 heterocycles. The van der Waals surface area contributed by atoms with Gasteiger partial charge in [-0.3, -0.25) is 4.79 Å². The van der Waals surface area contributed by atoms with Gasteiger partial charge in [-0.05, 0) is 48.4 Å². The van der Waals surface area contributed by atoms with Crippen molar-refractivity contribution < 1.29 is 4.79 Å². The predicted molar refractivity (Wildman–Crippen MR) is 88.1 cm³/mol. The van der Waals surface area contributed by atoms with E-state index < -0.39 is 0 Å². The van der Waals surface area contributed by atoms with Gasteiger partial charge in [0.1, 0.15) is 0 Å². The zero-order valence-corrected chi connectivity index (χ0v) is 13.6. The molecule has 21 heavy (non-hydrogen) atoms. The lowest BCUT2D eigenvalue weighted by molar-refractivity contribution is 0.0950. The van der Waals surface area contributed by atoms with Gasteiger partial charge in [0.15, 0.2) is 0 Å². The monoisotopic (exact) mass is 319 g/mol. The van der Waals surface area contributed by atoms with Crippen molar-refractivity contribution in [3.8, 4) is 0 Å². The molecular formula is C17H18ClNOS. The molecule has 1 atom stereocenters. The third-order valence-corrected chi connectivity index (χ3v) is 5.32. The Morgan fingerprint density at radius 1 is 1.38 bits per heavy atom. The second-order valence-corrected chi connectivity index (χ2v) is 7.11. The summed E-state index contributed by atoms with van der Waals surface area (Å²) < 4.78 is 0. The molecular weight excluding hydrogens is 302 g/mol. The molecule has 2 nitrogen and oxygen atoms in total. The third kappa shape index (κ3) is 3.30. The van der Waals surface area contributed by atoms with Crippen molar-refractivity contribution in [3.63, 3.8) is 0 Å². The highest BCUT2D eigenvalue weighted by molar-refractivity contribution is 7.10. The van der Waals surface area contributed by atoms with E-state index in [2.05, 4.69) is 12.2 Å². The van der Waals surface area contributed by atoms with E-state index >= 15 is 0 Å². The minimum absolute atomic E-state index is 0.0389. The number of thiophene rings is 1. The normalized spacial score (nSPS) is 17.3. The molecule has 2 aromatic rings. The summed E-state index contributed by atoms with van der Waals surface area (Å²) in [7, 11) is 0. The molecule has 1 N–H and O–H groups in total. The first kappa shape index (κ1) is 14.6. The lowest BCUT2D eigenvalue weighted by Gasteiger charge is -2.18. The van der Waals surface area contributed by atoms with Crippen LogP contribution in [0.2, 0.25) is 5.02 Å². The van der Waals surface area contributed by atoms with Crippen LogP contribution >= 0.6 is 22.9 Å². The standard InChI is InChI=1S/C17H18ClNOS/c1-11-2-7-14-15(10-21-16(14)8-11)17(20)19-9-12-3-5-13(18)6-4-12/h3-6,10-11H,2,7-9H2,1H3,(H,19,20)/t11-/m0/s1. The van der Waals surface area contributed by atoms with E-state index in [1.54, 1.807) is 11.3 Å². The Morgan fingerprint density at radius 2 is 2.14 bits per heavy atom. The lowest BCUT2D eigenvalue weighted by Crippen LogP contribution is -2.24. The summed E-state index contributed by atoms with van der Waals surface area (Å²) in [6, 6.07) is 7.56. The van der Waals surface area contributed by atoms with Crippen molar-refractivity contribution >= 4 is 28.8 Å². The van der Waals surface area contributed by atoms with Crippen molar-refractivity contribution in [1.82, 2.24) is 5.32 Å².